The van der Waals surface area contributed by atoms with Crippen LogP contribution < -0.4 is 5.73 Å². The first-order valence-corrected chi connectivity index (χ1v) is 7.13. The van der Waals surface area contributed by atoms with Crippen molar-refractivity contribution < 1.29 is 4.79 Å². The van der Waals surface area contributed by atoms with Crippen LogP contribution in [-0.2, 0) is 0 Å². The number of hydrogen-bond donors (Lipinski definition) is 1. The molecule has 0 bridgehead atoms. The van der Waals surface area contributed by atoms with Crippen LogP contribution in [0.1, 0.15) is 35.2 Å². The summed E-state index contributed by atoms with van der Waals surface area (Å²) in [5, 5.41) is 0.621. The molecule has 1 aliphatic rings. The quantitative estimate of drug-likeness (QED) is 0.850. The van der Waals surface area contributed by atoms with E-state index in [1.165, 1.54) is 0 Å². The second-order valence-corrected chi connectivity index (χ2v) is 5.84. The third kappa shape index (κ3) is 3.67. The highest BCUT2D eigenvalue weighted by atomic mass is 35.5. The molecule has 1 aromatic rings. The summed E-state index contributed by atoms with van der Waals surface area (Å²) in [5.74, 6) is 0.0145. The van der Waals surface area contributed by atoms with E-state index < -0.39 is 0 Å². The van der Waals surface area contributed by atoms with Crippen molar-refractivity contribution in [3.8, 4) is 0 Å². The Hall–Kier alpha value is -1.13. The molecule has 0 saturated heterocycles. The van der Waals surface area contributed by atoms with E-state index in [1.807, 2.05) is 24.0 Å². The molecule has 5 heteroatoms. The summed E-state index contributed by atoms with van der Waals surface area (Å²) >= 11 is 11.0. The molecular formula is C14H17ClN2OS. The summed E-state index contributed by atoms with van der Waals surface area (Å²) in [5.41, 5.74) is 7.12. The first kappa shape index (κ1) is 14.3. The second kappa shape index (κ2) is 5.88. The Morgan fingerprint density at radius 2 is 2.21 bits per heavy atom. The minimum Gasteiger partial charge on any atom is -0.393 e. The molecule has 0 aliphatic heterocycles. The third-order valence-electron chi connectivity index (χ3n) is 3.27. The Kier molecular flexibility index (Phi) is 4.42. The summed E-state index contributed by atoms with van der Waals surface area (Å²) in [6, 6.07) is 5.76. The molecule has 1 aromatic carbocycles. The van der Waals surface area contributed by atoms with Gasteiger partial charge in [-0.05, 0) is 37.5 Å². The summed E-state index contributed by atoms with van der Waals surface area (Å²) in [6.45, 7) is 2.51. The van der Waals surface area contributed by atoms with Gasteiger partial charge in [-0.25, -0.2) is 0 Å². The summed E-state index contributed by atoms with van der Waals surface area (Å²) < 4.78 is 0. The Balaban J connectivity index is 2.14. The Morgan fingerprint density at radius 1 is 1.53 bits per heavy atom. The first-order valence-electron chi connectivity index (χ1n) is 6.34. The van der Waals surface area contributed by atoms with Crippen LogP contribution in [-0.4, -0.2) is 28.4 Å². The predicted octanol–water partition coefficient (Wildman–Crippen LogP) is 2.93. The molecule has 1 aliphatic carbocycles. The monoisotopic (exact) mass is 296 g/mol. The van der Waals surface area contributed by atoms with Gasteiger partial charge in [0.05, 0.1) is 4.99 Å². The van der Waals surface area contributed by atoms with Gasteiger partial charge in [-0.15, -0.1) is 0 Å². The Labute approximate surface area is 123 Å². The number of hydrogen-bond acceptors (Lipinski definition) is 2. The number of nitrogens with zero attached hydrogens (tertiary/aromatic N) is 1. The van der Waals surface area contributed by atoms with Crippen LogP contribution in [0.5, 0.6) is 0 Å². The number of aryl methyl sites for hydroxylation is 1. The van der Waals surface area contributed by atoms with Crippen molar-refractivity contribution in [1.82, 2.24) is 4.90 Å². The molecule has 0 unspecified atom stereocenters. The number of carbonyl (C=O) groups excluding carboxylic acids is 1. The summed E-state index contributed by atoms with van der Waals surface area (Å²) in [7, 11) is 0. The zero-order chi connectivity index (χ0) is 14.0. The van der Waals surface area contributed by atoms with Gasteiger partial charge in [0.15, 0.2) is 0 Å². The van der Waals surface area contributed by atoms with Gasteiger partial charge >= 0.3 is 0 Å². The van der Waals surface area contributed by atoms with Crippen molar-refractivity contribution in [2.45, 2.75) is 32.2 Å². The van der Waals surface area contributed by atoms with Crippen LogP contribution in [0, 0.1) is 6.92 Å². The largest absolute Gasteiger partial charge is 0.393 e. The Bertz CT molecular complexity index is 514. The Morgan fingerprint density at radius 3 is 2.74 bits per heavy atom. The van der Waals surface area contributed by atoms with Crippen LogP contribution in [0.15, 0.2) is 18.2 Å². The number of benzene rings is 1. The van der Waals surface area contributed by atoms with Gasteiger partial charge in [-0.2, -0.15) is 0 Å². The lowest BCUT2D eigenvalue weighted by molar-refractivity contribution is 0.0748. The number of rotatable bonds is 5. The highest BCUT2D eigenvalue weighted by molar-refractivity contribution is 7.80. The average molecular weight is 297 g/mol. The fourth-order valence-electron chi connectivity index (χ4n) is 1.96. The highest BCUT2D eigenvalue weighted by Crippen LogP contribution is 2.29. The molecule has 0 radical (unpaired) electrons. The molecular weight excluding hydrogens is 280 g/mol. The number of carbonyl (C=O) groups is 1. The van der Waals surface area contributed by atoms with Gasteiger partial charge < -0.3 is 10.6 Å². The van der Waals surface area contributed by atoms with Crippen molar-refractivity contribution >= 4 is 34.7 Å². The van der Waals surface area contributed by atoms with Crippen molar-refractivity contribution in [2.24, 2.45) is 5.73 Å². The minimum absolute atomic E-state index is 0.0145. The normalized spacial score (nSPS) is 14.2. The van der Waals surface area contributed by atoms with Crippen LogP contribution in [0.2, 0.25) is 5.02 Å². The van der Waals surface area contributed by atoms with E-state index in [1.54, 1.807) is 6.07 Å². The van der Waals surface area contributed by atoms with Crippen LogP contribution in [0.25, 0.3) is 0 Å². The van der Waals surface area contributed by atoms with Gasteiger partial charge in [-0.1, -0.05) is 29.9 Å². The van der Waals surface area contributed by atoms with Gasteiger partial charge in [0, 0.05) is 29.6 Å². The molecule has 1 fully saturated rings. The minimum atomic E-state index is 0.0145. The average Bonchev–Trinajstić information content (AvgIpc) is 3.16. The van der Waals surface area contributed by atoms with E-state index in [-0.39, 0.29) is 5.91 Å². The molecule has 2 rings (SSSR count). The van der Waals surface area contributed by atoms with E-state index in [9.17, 15) is 4.79 Å². The lowest BCUT2D eigenvalue weighted by Gasteiger charge is -2.22. The standard InChI is InChI=1S/C14H17ClN2OS/c1-9-2-3-10(8-12(9)15)14(18)17(11-4-5-11)7-6-13(16)19/h2-3,8,11H,4-7H2,1H3,(H2,16,19). The zero-order valence-corrected chi connectivity index (χ0v) is 12.4. The molecule has 0 atom stereocenters. The fourth-order valence-corrected chi connectivity index (χ4v) is 2.23. The third-order valence-corrected chi connectivity index (χ3v) is 3.88. The molecule has 1 saturated carbocycles. The maximum atomic E-state index is 12.5. The molecule has 1 amide bonds. The number of thiocarbonyl (C=S) groups is 1. The van der Waals surface area contributed by atoms with Crippen LogP contribution in [0.4, 0.5) is 0 Å². The summed E-state index contributed by atoms with van der Waals surface area (Å²) in [4.78, 5) is 14.8. The van der Waals surface area contributed by atoms with Crippen molar-refractivity contribution in [1.29, 1.82) is 0 Å². The lowest BCUT2D eigenvalue weighted by Crippen LogP contribution is -2.35. The van der Waals surface area contributed by atoms with Crippen LogP contribution in [0.3, 0.4) is 0 Å². The number of amides is 1. The summed E-state index contributed by atoms with van der Waals surface area (Å²) in [6.07, 6.45) is 2.68. The van der Waals surface area contributed by atoms with Gasteiger partial charge in [0.2, 0.25) is 0 Å². The van der Waals surface area contributed by atoms with E-state index in [0.29, 0.717) is 34.6 Å². The van der Waals surface area contributed by atoms with Crippen molar-refractivity contribution in [2.75, 3.05) is 6.54 Å². The zero-order valence-electron chi connectivity index (χ0n) is 10.9. The topological polar surface area (TPSA) is 46.3 Å². The maximum absolute atomic E-state index is 12.5. The number of nitrogens with two attached hydrogens (primary N) is 1. The van der Waals surface area contributed by atoms with E-state index in [0.717, 1.165) is 18.4 Å². The maximum Gasteiger partial charge on any atom is 0.254 e. The SMILES string of the molecule is Cc1ccc(C(=O)N(CCC(N)=S)C2CC2)cc1Cl. The molecule has 0 heterocycles. The highest BCUT2D eigenvalue weighted by Gasteiger charge is 2.32. The van der Waals surface area contributed by atoms with Gasteiger partial charge in [0.25, 0.3) is 5.91 Å². The number of halogens is 1. The van der Waals surface area contributed by atoms with Crippen molar-refractivity contribution in [3.63, 3.8) is 0 Å². The van der Waals surface area contributed by atoms with Gasteiger partial charge in [0.1, 0.15) is 0 Å². The van der Waals surface area contributed by atoms with E-state index >= 15 is 0 Å². The van der Waals surface area contributed by atoms with Gasteiger partial charge in [-0.3, -0.25) is 4.79 Å². The lowest BCUT2D eigenvalue weighted by atomic mass is 10.1. The fraction of sp³-hybridized carbons (Fsp3) is 0.429. The van der Waals surface area contributed by atoms with Crippen LogP contribution >= 0.6 is 23.8 Å². The molecule has 3 nitrogen and oxygen atoms in total. The smallest absolute Gasteiger partial charge is 0.254 e. The molecule has 0 spiro atoms. The second-order valence-electron chi connectivity index (χ2n) is 4.91. The molecule has 19 heavy (non-hydrogen) atoms. The van der Waals surface area contributed by atoms with E-state index in [4.69, 9.17) is 29.6 Å². The van der Waals surface area contributed by atoms with E-state index in [2.05, 4.69) is 0 Å². The van der Waals surface area contributed by atoms with Crippen molar-refractivity contribution in [3.05, 3.63) is 34.3 Å². The molecule has 0 aromatic heterocycles. The molecule has 102 valence electrons. The first-order chi connectivity index (χ1) is 8.99. The molecule has 2 N–H and O–H groups in total. The predicted molar refractivity (Wildman–Crippen MR) is 81.6 cm³/mol.